The first kappa shape index (κ1) is 13.0. The van der Waals surface area contributed by atoms with Gasteiger partial charge in [0.05, 0.1) is 0 Å². The molecule has 0 radical (unpaired) electrons. The largest absolute Gasteiger partial charge is 0.329 e. The van der Waals surface area contributed by atoms with Gasteiger partial charge in [0.2, 0.25) is 10.0 Å². The Morgan fingerprint density at radius 2 is 1.88 bits per heavy atom. The first-order valence-corrected chi connectivity index (χ1v) is 6.03. The third-order valence-corrected chi connectivity index (χ3v) is 3.54. The summed E-state index contributed by atoms with van der Waals surface area (Å²) in [4.78, 5) is -0.977. The van der Waals surface area contributed by atoms with Crippen LogP contribution in [0.3, 0.4) is 0 Å². The van der Waals surface area contributed by atoms with Gasteiger partial charge >= 0.3 is 0 Å². The molecule has 0 aliphatic heterocycles. The highest BCUT2D eigenvalue weighted by atomic mass is 32.2. The maximum absolute atomic E-state index is 13.2. The molecule has 0 aliphatic rings. The minimum Gasteiger partial charge on any atom is -0.329 e. The van der Waals surface area contributed by atoms with Gasteiger partial charge in [-0.05, 0) is 19.1 Å². The summed E-state index contributed by atoms with van der Waals surface area (Å²) in [7, 11) is -4.21. The maximum atomic E-state index is 13.2. The predicted molar refractivity (Wildman–Crippen MR) is 55.2 cm³/mol. The van der Waals surface area contributed by atoms with E-state index in [-0.39, 0.29) is 6.54 Å². The average Bonchev–Trinajstić information content (AvgIpc) is 2.16. The van der Waals surface area contributed by atoms with E-state index in [9.17, 15) is 17.2 Å². The quantitative estimate of drug-likeness (QED) is 0.821. The van der Waals surface area contributed by atoms with Crippen molar-refractivity contribution in [3.05, 3.63) is 29.8 Å². The summed E-state index contributed by atoms with van der Waals surface area (Å²) < 4.78 is 51.7. The highest BCUT2D eigenvalue weighted by Gasteiger charge is 2.24. The molecule has 0 fully saturated rings. The Labute approximate surface area is 92.5 Å². The normalized spacial score (nSPS) is 13.8. The minimum atomic E-state index is -4.21. The van der Waals surface area contributed by atoms with Crippen LogP contribution < -0.4 is 10.5 Å². The van der Waals surface area contributed by atoms with E-state index < -0.39 is 32.6 Å². The van der Waals surface area contributed by atoms with Crippen molar-refractivity contribution in [2.24, 2.45) is 5.73 Å². The topological polar surface area (TPSA) is 72.2 Å². The van der Waals surface area contributed by atoms with Crippen molar-refractivity contribution >= 4 is 10.0 Å². The number of rotatable bonds is 4. The van der Waals surface area contributed by atoms with E-state index in [1.807, 2.05) is 0 Å². The van der Waals surface area contributed by atoms with Gasteiger partial charge in [-0.15, -0.1) is 0 Å². The Kier molecular flexibility index (Phi) is 3.95. The van der Waals surface area contributed by atoms with Crippen LogP contribution in [0.5, 0.6) is 0 Å². The minimum absolute atomic E-state index is 0.0370. The van der Waals surface area contributed by atoms with Gasteiger partial charge in [-0.2, -0.15) is 0 Å². The molecular weight excluding hydrogens is 238 g/mol. The Hall–Kier alpha value is -1.05. The molecule has 1 aromatic carbocycles. The lowest BCUT2D eigenvalue weighted by Crippen LogP contribution is -2.38. The van der Waals surface area contributed by atoms with Crippen LogP contribution in [-0.2, 0) is 10.0 Å². The van der Waals surface area contributed by atoms with Gasteiger partial charge in [0.25, 0.3) is 0 Å². The second-order valence-corrected chi connectivity index (χ2v) is 4.96. The van der Waals surface area contributed by atoms with E-state index in [1.54, 1.807) is 0 Å². The molecule has 0 aromatic heterocycles. The molecule has 90 valence electrons. The van der Waals surface area contributed by atoms with Gasteiger partial charge in [-0.25, -0.2) is 21.9 Å². The van der Waals surface area contributed by atoms with Crippen LogP contribution in [-0.4, -0.2) is 21.0 Å². The SMILES string of the molecule is C[C@H](CN)NS(=O)(=O)c1c(F)cccc1F. The lowest BCUT2D eigenvalue weighted by Gasteiger charge is -2.12. The van der Waals surface area contributed by atoms with E-state index >= 15 is 0 Å². The molecule has 3 N–H and O–H groups in total. The Morgan fingerprint density at radius 1 is 1.38 bits per heavy atom. The summed E-state index contributed by atoms with van der Waals surface area (Å²) in [5, 5.41) is 0. The Morgan fingerprint density at radius 3 is 2.31 bits per heavy atom. The molecular formula is C9H12F2N2O2S. The zero-order chi connectivity index (χ0) is 12.3. The molecule has 0 heterocycles. The molecule has 7 heteroatoms. The zero-order valence-electron chi connectivity index (χ0n) is 8.57. The molecule has 0 saturated heterocycles. The van der Waals surface area contributed by atoms with Crippen molar-refractivity contribution in [1.29, 1.82) is 0 Å². The highest BCUT2D eigenvalue weighted by Crippen LogP contribution is 2.18. The average molecular weight is 250 g/mol. The molecule has 0 spiro atoms. The van der Waals surface area contributed by atoms with Crippen LogP contribution >= 0.6 is 0 Å². The fraction of sp³-hybridized carbons (Fsp3) is 0.333. The standard InChI is InChI=1S/C9H12F2N2O2S/c1-6(5-12)13-16(14,15)9-7(10)3-2-4-8(9)11/h2-4,6,13H,5,12H2,1H3/t6-/m1/s1. The number of sulfonamides is 1. The highest BCUT2D eigenvalue weighted by molar-refractivity contribution is 7.89. The molecule has 1 atom stereocenters. The summed E-state index contributed by atoms with van der Waals surface area (Å²) in [6, 6.07) is 2.26. The maximum Gasteiger partial charge on any atom is 0.246 e. The summed E-state index contributed by atoms with van der Waals surface area (Å²) in [6.07, 6.45) is 0. The van der Waals surface area contributed by atoms with Crippen LogP contribution in [0.25, 0.3) is 0 Å². The number of benzene rings is 1. The van der Waals surface area contributed by atoms with E-state index in [0.717, 1.165) is 18.2 Å². The second kappa shape index (κ2) is 4.86. The fourth-order valence-corrected chi connectivity index (χ4v) is 2.50. The monoisotopic (exact) mass is 250 g/mol. The first-order chi connectivity index (χ1) is 7.38. The van der Waals surface area contributed by atoms with Crippen molar-refractivity contribution in [3.8, 4) is 0 Å². The van der Waals surface area contributed by atoms with Crippen LogP contribution in [0.1, 0.15) is 6.92 Å². The number of hydrogen-bond donors (Lipinski definition) is 2. The van der Waals surface area contributed by atoms with Crippen LogP contribution in [0, 0.1) is 11.6 Å². The lowest BCUT2D eigenvalue weighted by atomic mass is 10.3. The fourth-order valence-electron chi connectivity index (χ4n) is 1.11. The van der Waals surface area contributed by atoms with Crippen molar-refractivity contribution < 1.29 is 17.2 Å². The van der Waals surface area contributed by atoms with Crippen molar-refractivity contribution in [3.63, 3.8) is 0 Å². The van der Waals surface area contributed by atoms with E-state index in [4.69, 9.17) is 5.73 Å². The van der Waals surface area contributed by atoms with Gasteiger partial charge < -0.3 is 5.73 Å². The van der Waals surface area contributed by atoms with Gasteiger partial charge in [0.1, 0.15) is 11.6 Å². The van der Waals surface area contributed by atoms with Crippen LogP contribution in [0.15, 0.2) is 23.1 Å². The number of nitrogens with one attached hydrogen (secondary N) is 1. The summed E-state index contributed by atoms with van der Waals surface area (Å²) in [6.45, 7) is 1.53. The molecule has 0 amide bonds. The molecule has 4 nitrogen and oxygen atoms in total. The lowest BCUT2D eigenvalue weighted by molar-refractivity contribution is 0.508. The van der Waals surface area contributed by atoms with Crippen molar-refractivity contribution in [2.45, 2.75) is 17.9 Å². The third-order valence-electron chi connectivity index (χ3n) is 1.90. The Bertz CT molecular complexity index is 456. The molecule has 1 rings (SSSR count). The van der Waals surface area contributed by atoms with E-state index in [1.165, 1.54) is 6.92 Å². The molecule has 0 aliphatic carbocycles. The van der Waals surface area contributed by atoms with Gasteiger partial charge in [-0.3, -0.25) is 0 Å². The van der Waals surface area contributed by atoms with Gasteiger partial charge in [-0.1, -0.05) is 6.07 Å². The Balaban J connectivity index is 3.17. The molecule has 1 aromatic rings. The summed E-state index contributed by atoms with van der Waals surface area (Å²) in [5.74, 6) is -2.26. The first-order valence-electron chi connectivity index (χ1n) is 4.55. The van der Waals surface area contributed by atoms with Crippen molar-refractivity contribution in [2.75, 3.05) is 6.54 Å². The van der Waals surface area contributed by atoms with Gasteiger partial charge in [0.15, 0.2) is 4.90 Å². The number of hydrogen-bond acceptors (Lipinski definition) is 3. The van der Waals surface area contributed by atoms with Crippen LogP contribution in [0.2, 0.25) is 0 Å². The van der Waals surface area contributed by atoms with E-state index in [2.05, 4.69) is 4.72 Å². The molecule has 0 saturated carbocycles. The van der Waals surface area contributed by atoms with Crippen molar-refractivity contribution in [1.82, 2.24) is 4.72 Å². The summed E-state index contributed by atoms with van der Waals surface area (Å²) >= 11 is 0. The molecule has 0 bridgehead atoms. The number of nitrogens with two attached hydrogens (primary N) is 1. The van der Waals surface area contributed by atoms with Gasteiger partial charge in [0, 0.05) is 12.6 Å². The molecule has 0 unspecified atom stereocenters. The number of halogens is 2. The van der Waals surface area contributed by atoms with E-state index in [0.29, 0.717) is 0 Å². The second-order valence-electron chi connectivity index (χ2n) is 3.31. The predicted octanol–water partition coefficient (Wildman–Crippen LogP) is 0.590. The molecule has 16 heavy (non-hydrogen) atoms. The third kappa shape index (κ3) is 2.75. The smallest absolute Gasteiger partial charge is 0.246 e. The summed E-state index contributed by atoms with van der Waals surface area (Å²) in [5.41, 5.74) is 5.22. The zero-order valence-corrected chi connectivity index (χ0v) is 9.39. The van der Waals surface area contributed by atoms with Crippen LogP contribution in [0.4, 0.5) is 8.78 Å².